The van der Waals surface area contributed by atoms with Crippen molar-refractivity contribution in [3.8, 4) is 18.1 Å². The summed E-state index contributed by atoms with van der Waals surface area (Å²) in [5, 5.41) is 2.59. The highest BCUT2D eigenvalue weighted by atomic mass is 32.2. The third kappa shape index (κ3) is 6.03. The zero-order chi connectivity index (χ0) is 15.4. The van der Waals surface area contributed by atoms with Crippen LogP contribution in [0, 0.1) is 12.3 Å². The number of rotatable bonds is 3. The van der Waals surface area contributed by atoms with Gasteiger partial charge in [0.2, 0.25) is 0 Å². The zero-order valence-electron chi connectivity index (χ0n) is 12.6. The monoisotopic (exact) mass is 291 g/mol. The number of carbonyl (C=O) groups is 1. The molecule has 4 heteroatoms. The molecule has 1 N–H and O–H groups in total. The summed E-state index contributed by atoms with van der Waals surface area (Å²) in [5.74, 6) is 3.27. The molecule has 0 spiro atoms. The fourth-order valence-electron chi connectivity index (χ4n) is 1.38. The van der Waals surface area contributed by atoms with Crippen molar-refractivity contribution < 1.29 is 9.53 Å². The number of nitrogens with one attached hydrogen (secondary N) is 1. The molecule has 0 saturated heterocycles. The third-order valence-corrected chi connectivity index (χ3v) is 2.99. The number of hydrogen-bond acceptors (Lipinski definition) is 3. The molecule has 0 bridgehead atoms. The van der Waals surface area contributed by atoms with Gasteiger partial charge in [-0.05, 0) is 64.6 Å². The van der Waals surface area contributed by atoms with Gasteiger partial charge in [-0.25, -0.2) is 0 Å². The van der Waals surface area contributed by atoms with Crippen molar-refractivity contribution in [3.63, 3.8) is 0 Å². The summed E-state index contributed by atoms with van der Waals surface area (Å²) < 4.78 is 5.77. The van der Waals surface area contributed by atoms with Gasteiger partial charge in [0.15, 0.2) is 0 Å². The Morgan fingerprint density at radius 1 is 1.30 bits per heavy atom. The fraction of sp³-hybridized carbons (Fsp3) is 0.438. The van der Waals surface area contributed by atoms with Crippen molar-refractivity contribution >= 4 is 17.0 Å². The molecular formula is C16H21NO2S. The fourth-order valence-corrected chi connectivity index (χ4v) is 2.22. The van der Waals surface area contributed by atoms with Gasteiger partial charge in [-0.15, -0.1) is 6.42 Å². The van der Waals surface area contributed by atoms with Gasteiger partial charge < -0.3 is 10.1 Å². The Kier molecular flexibility index (Phi) is 5.13. The molecule has 0 saturated carbocycles. The van der Waals surface area contributed by atoms with Crippen molar-refractivity contribution in [2.24, 2.45) is 0 Å². The molecule has 0 fully saturated rings. The zero-order valence-corrected chi connectivity index (χ0v) is 13.4. The summed E-state index contributed by atoms with van der Waals surface area (Å²) >= 11 is 1.10. The first-order chi connectivity index (χ1) is 9.11. The second-order valence-electron chi connectivity index (χ2n) is 5.97. The van der Waals surface area contributed by atoms with Crippen LogP contribution in [-0.4, -0.2) is 16.4 Å². The summed E-state index contributed by atoms with van der Waals surface area (Å²) in [6, 6.07) is 7.45. The highest BCUT2D eigenvalue weighted by Crippen LogP contribution is 2.26. The highest BCUT2D eigenvalue weighted by Gasteiger charge is 2.18. The molecule has 0 unspecified atom stereocenters. The highest BCUT2D eigenvalue weighted by molar-refractivity contribution is 8.13. The molecule has 0 aliphatic carbocycles. The minimum absolute atomic E-state index is 0.180. The summed E-state index contributed by atoms with van der Waals surface area (Å²) in [6.45, 7) is 9.51. The lowest BCUT2D eigenvalue weighted by Gasteiger charge is -2.22. The van der Waals surface area contributed by atoms with Gasteiger partial charge in [-0.2, -0.15) is 0 Å². The second-order valence-corrected chi connectivity index (χ2v) is 7.02. The second kappa shape index (κ2) is 6.23. The van der Waals surface area contributed by atoms with Crippen LogP contribution in [0.15, 0.2) is 29.2 Å². The Morgan fingerprint density at radius 2 is 1.95 bits per heavy atom. The number of thioether (sulfide) groups is 1. The molecule has 108 valence electrons. The number of amides is 1. The van der Waals surface area contributed by atoms with Gasteiger partial charge in [0.1, 0.15) is 11.4 Å². The summed E-state index contributed by atoms with van der Waals surface area (Å²) in [7, 11) is 0. The maximum atomic E-state index is 11.9. The van der Waals surface area contributed by atoms with E-state index < -0.39 is 5.54 Å². The minimum atomic E-state index is -0.649. The Balaban J connectivity index is 2.72. The van der Waals surface area contributed by atoms with Crippen LogP contribution in [0.1, 0.15) is 34.6 Å². The van der Waals surface area contributed by atoms with Crippen LogP contribution in [-0.2, 0) is 0 Å². The molecule has 0 radical (unpaired) electrons. The van der Waals surface area contributed by atoms with E-state index in [1.165, 1.54) is 0 Å². The molecule has 1 amide bonds. The summed E-state index contributed by atoms with van der Waals surface area (Å²) in [5.41, 5.74) is -0.916. The van der Waals surface area contributed by atoms with E-state index in [1.807, 2.05) is 45.0 Å². The van der Waals surface area contributed by atoms with Crippen molar-refractivity contribution in [3.05, 3.63) is 24.3 Å². The van der Waals surface area contributed by atoms with Crippen molar-refractivity contribution in [2.45, 2.75) is 50.7 Å². The lowest BCUT2D eigenvalue weighted by Crippen LogP contribution is -2.39. The van der Waals surface area contributed by atoms with Crippen molar-refractivity contribution in [1.29, 1.82) is 0 Å². The van der Waals surface area contributed by atoms with Crippen LogP contribution >= 0.6 is 11.8 Å². The topological polar surface area (TPSA) is 38.3 Å². The normalized spacial score (nSPS) is 11.6. The molecule has 20 heavy (non-hydrogen) atoms. The first-order valence-corrected chi connectivity index (χ1v) is 7.20. The van der Waals surface area contributed by atoms with Gasteiger partial charge in [0, 0.05) is 4.90 Å². The van der Waals surface area contributed by atoms with Crippen molar-refractivity contribution in [1.82, 2.24) is 5.32 Å². The van der Waals surface area contributed by atoms with Crippen LogP contribution < -0.4 is 10.1 Å². The molecule has 0 aromatic heterocycles. The van der Waals surface area contributed by atoms with Crippen LogP contribution in [0.2, 0.25) is 0 Å². The van der Waals surface area contributed by atoms with Gasteiger partial charge in [-0.1, -0.05) is 12.0 Å². The van der Waals surface area contributed by atoms with Gasteiger partial charge in [0.25, 0.3) is 5.24 Å². The van der Waals surface area contributed by atoms with Crippen LogP contribution in [0.5, 0.6) is 5.75 Å². The average molecular weight is 291 g/mol. The van der Waals surface area contributed by atoms with E-state index in [2.05, 4.69) is 11.2 Å². The van der Waals surface area contributed by atoms with Gasteiger partial charge in [-0.3, -0.25) is 4.79 Å². The lowest BCUT2D eigenvalue weighted by molar-refractivity contribution is 0.130. The number of carbonyl (C=O) groups excluding carboxylic acids is 1. The molecule has 0 aliphatic heterocycles. The first kappa shape index (κ1) is 16.5. The van der Waals surface area contributed by atoms with E-state index in [-0.39, 0.29) is 10.8 Å². The molecule has 0 atom stereocenters. The maximum Gasteiger partial charge on any atom is 0.285 e. The van der Waals surface area contributed by atoms with E-state index >= 15 is 0 Å². The van der Waals surface area contributed by atoms with Crippen LogP contribution in [0.25, 0.3) is 0 Å². The van der Waals surface area contributed by atoms with Crippen molar-refractivity contribution in [2.75, 3.05) is 0 Å². The van der Waals surface area contributed by atoms with Crippen LogP contribution in [0.3, 0.4) is 0 Å². The smallest absolute Gasteiger partial charge is 0.285 e. The largest absolute Gasteiger partial charge is 0.488 e. The molecule has 1 aromatic rings. The van der Waals surface area contributed by atoms with Gasteiger partial charge >= 0.3 is 0 Å². The molecule has 0 heterocycles. The predicted molar refractivity (Wildman–Crippen MR) is 84.1 cm³/mol. The lowest BCUT2D eigenvalue weighted by atomic mass is 10.1. The molecule has 0 aliphatic rings. The number of benzene rings is 1. The quantitative estimate of drug-likeness (QED) is 0.673. The first-order valence-electron chi connectivity index (χ1n) is 6.38. The Morgan fingerprint density at radius 3 is 2.50 bits per heavy atom. The molecule has 3 nitrogen and oxygen atoms in total. The minimum Gasteiger partial charge on any atom is -0.488 e. The van der Waals surface area contributed by atoms with Crippen LogP contribution in [0.4, 0.5) is 4.79 Å². The summed E-state index contributed by atoms with van der Waals surface area (Å²) in [4.78, 5) is 12.7. The SMILES string of the molecule is C#CC(C)(C)NC(=O)Sc1cccc(OC(C)(C)C)c1. The standard InChI is InChI=1S/C16H21NO2S/c1-7-16(5,6)17-14(18)20-13-10-8-9-12(11-13)19-15(2,3)4/h1,8-11H,2-6H3,(H,17,18). The van der Waals surface area contributed by atoms with E-state index in [4.69, 9.17) is 11.2 Å². The molecule has 1 aromatic carbocycles. The average Bonchev–Trinajstić information content (AvgIpc) is 2.26. The number of terminal acetylenes is 1. The van der Waals surface area contributed by atoms with E-state index in [0.717, 1.165) is 22.4 Å². The third-order valence-electron chi connectivity index (χ3n) is 2.22. The number of ether oxygens (including phenoxy) is 1. The number of hydrogen-bond donors (Lipinski definition) is 1. The Labute approximate surface area is 125 Å². The van der Waals surface area contributed by atoms with E-state index in [9.17, 15) is 4.79 Å². The predicted octanol–water partition coefficient (Wildman–Crippen LogP) is 4.08. The molecular weight excluding hydrogens is 270 g/mol. The Hall–Kier alpha value is -1.60. The Bertz CT molecular complexity index is 524. The summed E-state index contributed by atoms with van der Waals surface area (Å²) in [6.07, 6.45) is 5.35. The van der Waals surface area contributed by atoms with E-state index in [0.29, 0.717) is 0 Å². The maximum absolute atomic E-state index is 11.9. The van der Waals surface area contributed by atoms with Gasteiger partial charge in [0.05, 0.1) is 5.54 Å². The molecule has 1 rings (SSSR count). The van der Waals surface area contributed by atoms with E-state index in [1.54, 1.807) is 13.8 Å².